The minimum atomic E-state index is -0.570. The number of amides is 1. The van der Waals surface area contributed by atoms with E-state index in [1.54, 1.807) is 40.0 Å². The number of fused-ring (bicyclic) bond motifs is 2. The Kier molecular flexibility index (Phi) is 5.31. The Morgan fingerprint density at radius 2 is 1.89 bits per heavy atom. The lowest BCUT2D eigenvalue weighted by molar-refractivity contribution is 0.100. The maximum Gasteiger partial charge on any atom is 0.249 e. The Hall–Kier alpha value is -4.83. The fourth-order valence-electron chi connectivity index (χ4n) is 4.57. The van der Waals surface area contributed by atoms with Gasteiger partial charge in [-0.2, -0.15) is 10.2 Å². The summed E-state index contributed by atoms with van der Waals surface area (Å²) in [5.41, 5.74) is 16.2. The number of hydrogen-bond acceptors (Lipinski definition) is 7. The van der Waals surface area contributed by atoms with Crippen molar-refractivity contribution in [1.29, 1.82) is 0 Å². The maximum atomic E-state index is 12.2. The summed E-state index contributed by atoms with van der Waals surface area (Å²) in [6, 6.07) is 16.0. The van der Waals surface area contributed by atoms with Crippen molar-refractivity contribution in [1.82, 2.24) is 34.5 Å². The normalized spacial score (nSPS) is 12.3. The van der Waals surface area contributed by atoms with E-state index in [1.165, 1.54) is 6.33 Å². The van der Waals surface area contributed by atoms with Gasteiger partial charge in [0.15, 0.2) is 5.65 Å². The van der Waals surface area contributed by atoms with Crippen LogP contribution in [0.2, 0.25) is 5.02 Å². The van der Waals surface area contributed by atoms with Crippen LogP contribution in [0.3, 0.4) is 0 Å². The van der Waals surface area contributed by atoms with Gasteiger partial charge in [0.1, 0.15) is 17.8 Å². The molecule has 11 heteroatoms. The molecule has 10 nitrogen and oxygen atoms in total. The van der Waals surface area contributed by atoms with E-state index in [4.69, 9.17) is 33.3 Å². The van der Waals surface area contributed by atoms with Crippen molar-refractivity contribution in [3.8, 4) is 16.9 Å². The molecule has 0 radical (unpaired) electrons. The number of halogens is 1. The van der Waals surface area contributed by atoms with Crippen molar-refractivity contribution in [2.75, 3.05) is 5.73 Å². The van der Waals surface area contributed by atoms with Crippen molar-refractivity contribution in [3.05, 3.63) is 89.6 Å². The third-order valence-corrected chi connectivity index (χ3v) is 6.53. The number of aromatic nitrogens is 7. The molecule has 6 rings (SSSR count). The lowest BCUT2D eigenvalue weighted by Crippen LogP contribution is -2.13. The predicted octanol–water partition coefficient (Wildman–Crippen LogP) is 4.17. The topological polar surface area (TPSA) is 143 Å². The fraction of sp³-hybridized carbons (Fsp3) is 0.0769. The first-order valence-electron chi connectivity index (χ1n) is 11.4. The van der Waals surface area contributed by atoms with Gasteiger partial charge in [-0.25, -0.2) is 19.3 Å². The van der Waals surface area contributed by atoms with Gasteiger partial charge in [-0.05, 0) is 43.3 Å². The molecule has 0 spiro atoms. The minimum Gasteiger partial charge on any atom is -0.383 e. The van der Waals surface area contributed by atoms with Gasteiger partial charge in [0.05, 0.1) is 34.5 Å². The summed E-state index contributed by atoms with van der Waals surface area (Å²) in [4.78, 5) is 25.1. The summed E-state index contributed by atoms with van der Waals surface area (Å²) in [5, 5.41) is 11.8. The summed E-state index contributed by atoms with van der Waals surface area (Å²) >= 11 is 6.35. The summed E-state index contributed by atoms with van der Waals surface area (Å²) in [7, 11) is 0. The molecule has 0 saturated heterocycles. The van der Waals surface area contributed by atoms with Crippen LogP contribution in [0.5, 0.6) is 0 Å². The second kappa shape index (κ2) is 8.68. The van der Waals surface area contributed by atoms with Crippen molar-refractivity contribution in [2.45, 2.75) is 13.0 Å². The molecule has 4 aromatic heterocycles. The van der Waals surface area contributed by atoms with Crippen LogP contribution in [0.15, 0.2) is 73.3 Å². The van der Waals surface area contributed by atoms with E-state index in [0.29, 0.717) is 32.9 Å². The third-order valence-electron chi connectivity index (χ3n) is 6.29. The third kappa shape index (κ3) is 3.66. The number of benzene rings is 2. The summed E-state index contributed by atoms with van der Waals surface area (Å²) in [5.74, 6) is -0.324. The quantitative estimate of drug-likeness (QED) is 0.355. The first-order chi connectivity index (χ1) is 17.9. The Bertz CT molecular complexity index is 1810. The monoisotopic (exact) mass is 509 g/mol. The first kappa shape index (κ1) is 22.6. The molecule has 4 heterocycles. The Labute approximate surface area is 215 Å². The number of nitrogens with two attached hydrogens (primary N) is 2. The zero-order valence-electron chi connectivity index (χ0n) is 19.6. The van der Waals surface area contributed by atoms with Gasteiger partial charge in [0.25, 0.3) is 0 Å². The summed E-state index contributed by atoms with van der Waals surface area (Å²) in [6.45, 7) is 1.97. The zero-order chi connectivity index (χ0) is 25.7. The average molecular weight is 510 g/mol. The van der Waals surface area contributed by atoms with Crippen molar-refractivity contribution in [3.63, 3.8) is 0 Å². The molecule has 1 amide bonds. The molecular weight excluding hydrogens is 490 g/mol. The molecular formula is C26H20ClN9O. The van der Waals surface area contributed by atoms with Crippen LogP contribution in [-0.2, 0) is 0 Å². The molecule has 6 aromatic rings. The van der Waals surface area contributed by atoms with E-state index in [0.717, 1.165) is 22.3 Å². The van der Waals surface area contributed by atoms with Crippen molar-refractivity contribution >= 4 is 45.3 Å². The van der Waals surface area contributed by atoms with Gasteiger partial charge in [-0.3, -0.25) is 9.78 Å². The molecule has 182 valence electrons. The highest BCUT2D eigenvalue weighted by Crippen LogP contribution is 2.36. The van der Waals surface area contributed by atoms with E-state index < -0.39 is 5.91 Å². The average Bonchev–Trinajstić information content (AvgIpc) is 3.48. The molecule has 2 aromatic carbocycles. The molecule has 0 bridgehead atoms. The number of carbonyl (C=O) groups is 1. The van der Waals surface area contributed by atoms with E-state index >= 15 is 0 Å². The number of anilines is 1. The SMILES string of the molecule is CC(c1nn(-c2cccnc2)c2cc(Cl)ccc12)n1nc(-c2ccccc2C(N)=O)c2c(N)ncnc21. The molecule has 0 aliphatic heterocycles. The second-order valence-electron chi connectivity index (χ2n) is 8.51. The van der Waals surface area contributed by atoms with E-state index in [1.807, 2.05) is 43.3 Å². The van der Waals surface area contributed by atoms with Gasteiger partial charge in [0, 0.05) is 27.7 Å². The lowest BCUT2D eigenvalue weighted by atomic mass is 10.0. The number of primary amides is 1. The number of hydrogen-bond donors (Lipinski definition) is 2. The van der Waals surface area contributed by atoms with E-state index in [9.17, 15) is 4.79 Å². The van der Waals surface area contributed by atoms with Crippen LogP contribution in [0, 0.1) is 0 Å². The van der Waals surface area contributed by atoms with Gasteiger partial charge in [0.2, 0.25) is 5.91 Å². The fourth-order valence-corrected chi connectivity index (χ4v) is 4.74. The van der Waals surface area contributed by atoms with Crippen LogP contribution < -0.4 is 11.5 Å². The Balaban J connectivity index is 1.60. The van der Waals surface area contributed by atoms with Gasteiger partial charge < -0.3 is 11.5 Å². The highest BCUT2D eigenvalue weighted by atomic mass is 35.5. The number of pyridine rings is 1. The largest absolute Gasteiger partial charge is 0.383 e. The molecule has 0 aliphatic carbocycles. The first-order valence-corrected chi connectivity index (χ1v) is 11.8. The molecule has 4 N–H and O–H groups in total. The minimum absolute atomic E-state index is 0.246. The molecule has 1 unspecified atom stereocenters. The van der Waals surface area contributed by atoms with Crippen LogP contribution in [-0.4, -0.2) is 40.4 Å². The Morgan fingerprint density at radius 1 is 1.05 bits per heavy atom. The van der Waals surface area contributed by atoms with E-state index in [2.05, 4.69) is 15.0 Å². The molecule has 1 atom stereocenters. The van der Waals surface area contributed by atoms with E-state index in [-0.39, 0.29) is 11.9 Å². The predicted molar refractivity (Wildman–Crippen MR) is 141 cm³/mol. The molecule has 37 heavy (non-hydrogen) atoms. The number of nitrogen functional groups attached to an aromatic ring is 1. The maximum absolute atomic E-state index is 12.2. The lowest BCUT2D eigenvalue weighted by Gasteiger charge is -2.11. The van der Waals surface area contributed by atoms with Crippen LogP contribution in [0.25, 0.3) is 38.9 Å². The van der Waals surface area contributed by atoms with Crippen LogP contribution in [0.4, 0.5) is 5.82 Å². The van der Waals surface area contributed by atoms with Gasteiger partial charge >= 0.3 is 0 Å². The number of rotatable bonds is 5. The van der Waals surface area contributed by atoms with Gasteiger partial charge in [-0.15, -0.1) is 0 Å². The van der Waals surface area contributed by atoms with Crippen molar-refractivity contribution < 1.29 is 4.79 Å². The molecule has 0 saturated carbocycles. The van der Waals surface area contributed by atoms with Crippen LogP contribution >= 0.6 is 11.6 Å². The van der Waals surface area contributed by atoms with Crippen LogP contribution in [0.1, 0.15) is 29.0 Å². The number of carbonyl (C=O) groups excluding carboxylic acids is 1. The zero-order valence-corrected chi connectivity index (χ0v) is 20.3. The Morgan fingerprint density at radius 3 is 2.68 bits per heavy atom. The molecule has 0 fully saturated rings. The number of nitrogens with zero attached hydrogens (tertiary/aromatic N) is 7. The second-order valence-corrected chi connectivity index (χ2v) is 8.94. The summed E-state index contributed by atoms with van der Waals surface area (Å²) < 4.78 is 3.54. The smallest absolute Gasteiger partial charge is 0.249 e. The van der Waals surface area contributed by atoms with Gasteiger partial charge in [-0.1, -0.05) is 29.8 Å². The highest BCUT2D eigenvalue weighted by molar-refractivity contribution is 6.31. The van der Waals surface area contributed by atoms with Crippen molar-refractivity contribution in [2.24, 2.45) is 5.73 Å². The highest BCUT2D eigenvalue weighted by Gasteiger charge is 2.26. The standard InChI is InChI=1S/C26H20ClN9O/c1-14(22-19-9-8-15(27)11-20(19)36(33-22)16-5-4-10-30-12-16)35-26-21(24(28)31-13-32-26)23(34-35)17-6-2-3-7-18(17)25(29)37/h2-14H,1H3,(H2,29,37)(H2,28,31,32). The summed E-state index contributed by atoms with van der Waals surface area (Å²) in [6.07, 6.45) is 4.83. The molecule has 0 aliphatic rings.